The zero-order valence-corrected chi connectivity index (χ0v) is 15.8. The van der Waals surface area contributed by atoms with E-state index in [0.29, 0.717) is 10.0 Å². The summed E-state index contributed by atoms with van der Waals surface area (Å²) in [4.78, 5) is 46.2. The van der Waals surface area contributed by atoms with Crippen LogP contribution < -0.4 is 9.47 Å². The average molecular weight is 425 g/mol. The van der Waals surface area contributed by atoms with Crippen molar-refractivity contribution >= 4 is 23.8 Å². The minimum absolute atomic E-state index is 0.106. The smallest absolute Gasteiger partial charge is 0.426 e. The van der Waals surface area contributed by atoms with Gasteiger partial charge in [-0.2, -0.15) is 0 Å². The predicted octanol–water partition coefficient (Wildman–Crippen LogP) is 1.69. The van der Waals surface area contributed by atoms with Crippen molar-refractivity contribution in [2.45, 2.75) is 25.8 Å². The minimum Gasteiger partial charge on any atom is -0.466 e. The Labute approximate surface area is 169 Å². The molecule has 30 heavy (non-hydrogen) atoms. The van der Waals surface area contributed by atoms with Gasteiger partial charge >= 0.3 is 18.2 Å². The van der Waals surface area contributed by atoms with Crippen LogP contribution in [0.1, 0.15) is 18.9 Å². The molecular formula is C17H19N3O10. The Bertz CT molecular complexity index is 889. The monoisotopic (exact) mass is 425 g/mol. The van der Waals surface area contributed by atoms with Crippen LogP contribution in [0.25, 0.3) is 0 Å². The minimum atomic E-state index is -1.56. The summed E-state index contributed by atoms with van der Waals surface area (Å²) in [6, 6.07) is 1.49. The zero-order chi connectivity index (χ0) is 22.0. The standard InChI is InChI=1S/C17H19N3O10/c1-2-28-15(21)5-10-7-18(16(22)23)19(17(24)25)11(10)3-9-4-13-14(30-8-29-13)6-12(9)20(26)27/h4,6,10-11H,2-3,5,7-8H2,1H3,(H,22,23)(H,24,25)/t10-,11+/m0/s1. The second-order valence-corrected chi connectivity index (χ2v) is 6.62. The fraction of sp³-hybridized carbons (Fsp3) is 0.471. The molecule has 0 aromatic heterocycles. The Hall–Kier alpha value is -3.77. The molecule has 2 amide bonds. The summed E-state index contributed by atoms with van der Waals surface area (Å²) in [6.07, 6.45) is -3.54. The molecule has 13 nitrogen and oxygen atoms in total. The third-order valence-corrected chi connectivity index (χ3v) is 4.88. The summed E-state index contributed by atoms with van der Waals surface area (Å²) in [6.45, 7) is 1.32. The molecule has 0 unspecified atom stereocenters. The quantitative estimate of drug-likeness (QED) is 0.388. The maximum Gasteiger partial charge on any atom is 0.426 e. The molecule has 3 rings (SSSR count). The molecule has 1 aromatic rings. The SMILES string of the molecule is CCOC(=O)C[C@H]1CN(C(=O)O)N(C(=O)O)[C@@H]1Cc1cc2c(cc1[N+](=O)[O-])OCO2. The van der Waals surface area contributed by atoms with E-state index in [1.165, 1.54) is 12.1 Å². The lowest BCUT2D eigenvalue weighted by Crippen LogP contribution is -2.48. The van der Waals surface area contributed by atoms with Gasteiger partial charge < -0.3 is 24.4 Å². The van der Waals surface area contributed by atoms with E-state index in [0.717, 1.165) is 0 Å². The molecule has 2 aliphatic heterocycles. The number of benzene rings is 1. The highest BCUT2D eigenvalue weighted by Gasteiger charge is 2.47. The van der Waals surface area contributed by atoms with E-state index >= 15 is 0 Å². The molecule has 0 radical (unpaired) electrons. The summed E-state index contributed by atoms with van der Waals surface area (Å²) >= 11 is 0. The number of nitrogens with zero attached hydrogens (tertiary/aromatic N) is 3. The summed E-state index contributed by atoms with van der Waals surface area (Å²) in [5.41, 5.74) is -0.199. The first kappa shape index (κ1) is 21.0. The molecule has 2 atom stereocenters. The van der Waals surface area contributed by atoms with Gasteiger partial charge in [0.05, 0.1) is 36.6 Å². The number of hydrogen-bond donors (Lipinski definition) is 2. The maximum atomic E-state index is 12.0. The van der Waals surface area contributed by atoms with E-state index in [9.17, 15) is 34.7 Å². The first-order valence-corrected chi connectivity index (χ1v) is 8.98. The van der Waals surface area contributed by atoms with Gasteiger partial charge in [-0.3, -0.25) is 14.9 Å². The number of amides is 2. The van der Waals surface area contributed by atoms with Crippen molar-refractivity contribution in [3.05, 3.63) is 27.8 Å². The Morgan fingerprint density at radius 2 is 1.90 bits per heavy atom. The topological polar surface area (TPSA) is 169 Å². The fourth-order valence-corrected chi connectivity index (χ4v) is 3.65. The van der Waals surface area contributed by atoms with Crippen LogP contribution in [0.5, 0.6) is 11.5 Å². The second-order valence-electron chi connectivity index (χ2n) is 6.62. The van der Waals surface area contributed by atoms with Gasteiger partial charge in [0.2, 0.25) is 6.79 Å². The Morgan fingerprint density at radius 1 is 1.23 bits per heavy atom. The van der Waals surface area contributed by atoms with Crippen LogP contribution in [-0.2, 0) is 16.0 Å². The Morgan fingerprint density at radius 3 is 2.47 bits per heavy atom. The van der Waals surface area contributed by atoms with Gasteiger partial charge in [0.1, 0.15) is 0 Å². The number of carboxylic acid groups (broad SMARTS) is 2. The highest BCUT2D eigenvalue weighted by atomic mass is 16.7. The fourth-order valence-electron chi connectivity index (χ4n) is 3.65. The molecule has 2 heterocycles. The van der Waals surface area contributed by atoms with Crippen LogP contribution >= 0.6 is 0 Å². The number of nitro groups is 1. The molecule has 1 fully saturated rings. The van der Waals surface area contributed by atoms with E-state index in [1.54, 1.807) is 6.92 Å². The van der Waals surface area contributed by atoms with Gasteiger partial charge in [0.15, 0.2) is 11.5 Å². The van der Waals surface area contributed by atoms with Crippen LogP contribution in [0.3, 0.4) is 0 Å². The third-order valence-electron chi connectivity index (χ3n) is 4.88. The Balaban J connectivity index is 1.98. The summed E-state index contributed by atoms with van der Waals surface area (Å²) in [5, 5.41) is 31.7. The third kappa shape index (κ3) is 3.99. The van der Waals surface area contributed by atoms with Crippen molar-refractivity contribution in [1.82, 2.24) is 10.0 Å². The predicted molar refractivity (Wildman–Crippen MR) is 96.0 cm³/mol. The highest BCUT2D eigenvalue weighted by molar-refractivity contribution is 5.74. The van der Waals surface area contributed by atoms with E-state index in [4.69, 9.17) is 14.2 Å². The molecule has 0 aliphatic carbocycles. The van der Waals surface area contributed by atoms with Crippen LogP contribution in [0.2, 0.25) is 0 Å². The summed E-state index contributed by atoms with van der Waals surface area (Å²) in [5.74, 6) is -0.943. The number of esters is 1. The molecule has 1 saturated heterocycles. The van der Waals surface area contributed by atoms with Crippen molar-refractivity contribution in [3.63, 3.8) is 0 Å². The lowest BCUT2D eigenvalue weighted by atomic mass is 9.91. The van der Waals surface area contributed by atoms with Crippen LogP contribution in [0, 0.1) is 16.0 Å². The number of carbonyl (C=O) groups is 3. The first-order chi connectivity index (χ1) is 14.2. The zero-order valence-electron chi connectivity index (χ0n) is 15.8. The van der Waals surface area contributed by atoms with Crippen molar-refractivity contribution in [2.75, 3.05) is 19.9 Å². The summed E-state index contributed by atoms with van der Waals surface area (Å²) < 4.78 is 15.3. The van der Waals surface area contributed by atoms with E-state index < -0.39 is 35.0 Å². The number of fused-ring (bicyclic) bond motifs is 1. The van der Waals surface area contributed by atoms with Crippen molar-refractivity contribution in [2.24, 2.45) is 5.92 Å². The average Bonchev–Trinajstić information content (AvgIpc) is 3.25. The molecule has 13 heteroatoms. The van der Waals surface area contributed by atoms with E-state index in [2.05, 4.69) is 0 Å². The van der Waals surface area contributed by atoms with Crippen molar-refractivity contribution in [1.29, 1.82) is 0 Å². The number of ether oxygens (including phenoxy) is 3. The largest absolute Gasteiger partial charge is 0.466 e. The molecular weight excluding hydrogens is 406 g/mol. The molecule has 162 valence electrons. The van der Waals surface area contributed by atoms with Crippen LogP contribution in [0.4, 0.5) is 15.3 Å². The van der Waals surface area contributed by atoms with Crippen LogP contribution in [-0.4, -0.2) is 69.3 Å². The number of carbonyl (C=O) groups excluding carboxylic acids is 1. The number of hydrazine groups is 1. The second kappa shape index (κ2) is 8.31. The van der Waals surface area contributed by atoms with Crippen molar-refractivity contribution in [3.8, 4) is 11.5 Å². The molecule has 2 aliphatic rings. The lowest BCUT2D eigenvalue weighted by Gasteiger charge is -2.28. The molecule has 0 bridgehead atoms. The van der Waals surface area contributed by atoms with Gasteiger partial charge in [0.25, 0.3) is 5.69 Å². The first-order valence-electron chi connectivity index (χ1n) is 8.98. The number of rotatable bonds is 6. The number of hydrogen-bond acceptors (Lipinski definition) is 8. The van der Waals surface area contributed by atoms with Gasteiger partial charge in [0, 0.05) is 17.9 Å². The van der Waals surface area contributed by atoms with E-state index in [1.807, 2.05) is 0 Å². The Kier molecular flexibility index (Phi) is 5.80. The number of nitro benzene ring substituents is 1. The van der Waals surface area contributed by atoms with Crippen molar-refractivity contribution < 1.29 is 43.7 Å². The molecule has 1 aromatic carbocycles. The highest BCUT2D eigenvalue weighted by Crippen LogP contribution is 2.40. The normalized spacial score (nSPS) is 19.6. The molecule has 2 N–H and O–H groups in total. The van der Waals surface area contributed by atoms with Gasteiger partial charge in [-0.15, -0.1) is 0 Å². The summed E-state index contributed by atoms with van der Waals surface area (Å²) in [7, 11) is 0. The lowest BCUT2D eigenvalue weighted by molar-refractivity contribution is -0.385. The van der Waals surface area contributed by atoms with E-state index in [-0.39, 0.29) is 55.5 Å². The molecule has 0 saturated carbocycles. The van der Waals surface area contributed by atoms with Gasteiger partial charge in [-0.05, 0) is 13.0 Å². The van der Waals surface area contributed by atoms with Crippen LogP contribution in [0.15, 0.2) is 12.1 Å². The maximum absolute atomic E-state index is 12.0. The molecule has 0 spiro atoms. The van der Waals surface area contributed by atoms with Gasteiger partial charge in [-0.25, -0.2) is 19.6 Å². The van der Waals surface area contributed by atoms with Gasteiger partial charge in [-0.1, -0.05) is 0 Å².